The minimum atomic E-state index is -0.222. The molecule has 1 amide bonds. The van der Waals surface area contributed by atoms with Crippen molar-refractivity contribution in [1.29, 1.82) is 0 Å². The number of hydrogen-bond donors (Lipinski definition) is 1. The van der Waals surface area contributed by atoms with Crippen molar-refractivity contribution in [3.05, 3.63) is 40.1 Å². The summed E-state index contributed by atoms with van der Waals surface area (Å²) in [6.45, 7) is 1.84. The lowest BCUT2D eigenvalue weighted by atomic mass is 10.2. The second-order valence-corrected chi connectivity index (χ2v) is 5.02. The molecule has 2 rings (SSSR count). The van der Waals surface area contributed by atoms with Crippen LogP contribution in [0.2, 0.25) is 0 Å². The van der Waals surface area contributed by atoms with Gasteiger partial charge < -0.3 is 10.1 Å². The Hall–Kier alpha value is -1.82. The number of aryl methyl sites for hydroxylation is 2. The van der Waals surface area contributed by atoms with Gasteiger partial charge in [0.1, 0.15) is 5.75 Å². The highest BCUT2D eigenvalue weighted by Gasteiger charge is 2.14. The lowest BCUT2D eigenvalue weighted by Gasteiger charge is -2.09. The zero-order chi connectivity index (χ0) is 14.0. The summed E-state index contributed by atoms with van der Waals surface area (Å²) in [7, 11) is 3.34. The van der Waals surface area contributed by atoms with Gasteiger partial charge in [-0.1, -0.05) is 15.9 Å². The quantitative estimate of drug-likeness (QED) is 0.944. The Kier molecular flexibility index (Phi) is 3.90. The second-order valence-electron chi connectivity index (χ2n) is 4.10. The first kappa shape index (κ1) is 13.6. The molecule has 1 aromatic carbocycles. The van der Waals surface area contributed by atoms with E-state index in [0.29, 0.717) is 17.0 Å². The topological polar surface area (TPSA) is 56.1 Å². The fraction of sp³-hybridized carbons (Fsp3) is 0.231. The third-order valence-electron chi connectivity index (χ3n) is 2.67. The summed E-state index contributed by atoms with van der Waals surface area (Å²) in [5, 5.41) is 7.00. The molecule has 0 aliphatic rings. The van der Waals surface area contributed by atoms with Crippen LogP contribution in [0.1, 0.15) is 16.1 Å². The molecule has 100 valence electrons. The van der Waals surface area contributed by atoms with Gasteiger partial charge in [-0.15, -0.1) is 0 Å². The second kappa shape index (κ2) is 5.44. The highest BCUT2D eigenvalue weighted by molar-refractivity contribution is 9.10. The highest BCUT2D eigenvalue weighted by Crippen LogP contribution is 2.24. The van der Waals surface area contributed by atoms with Gasteiger partial charge in [-0.05, 0) is 25.1 Å². The smallest absolute Gasteiger partial charge is 0.259 e. The lowest BCUT2D eigenvalue weighted by Crippen LogP contribution is -2.13. The average Bonchev–Trinajstić information content (AvgIpc) is 2.67. The molecule has 19 heavy (non-hydrogen) atoms. The molecule has 0 bridgehead atoms. The minimum Gasteiger partial charge on any atom is -0.496 e. The van der Waals surface area contributed by atoms with Gasteiger partial charge >= 0.3 is 0 Å². The number of rotatable bonds is 3. The van der Waals surface area contributed by atoms with Crippen molar-refractivity contribution >= 4 is 27.5 Å². The SMILES string of the molecule is COc1cc(Br)ccc1C(=O)Nc1cn(C)nc1C. The number of amides is 1. The van der Waals surface area contributed by atoms with Crippen LogP contribution in [0.25, 0.3) is 0 Å². The number of anilines is 1. The largest absolute Gasteiger partial charge is 0.496 e. The van der Waals surface area contributed by atoms with E-state index in [1.54, 1.807) is 29.1 Å². The number of halogens is 1. The van der Waals surface area contributed by atoms with Gasteiger partial charge in [-0.3, -0.25) is 9.48 Å². The van der Waals surface area contributed by atoms with E-state index in [0.717, 1.165) is 10.2 Å². The standard InChI is InChI=1S/C13H14BrN3O2/c1-8-11(7-17(2)16-8)15-13(18)10-5-4-9(14)6-12(10)19-3/h4-7H,1-3H3,(H,15,18). The van der Waals surface area contributed by atoms with Crippen LogP contribution >= 0.6 is 15.9 Å². The number of carbonyl (C=O) groups excluding carboxylic acids is 1. The molecule has 1 aromatic heterocycles. The molecule has 1 N–H and O–H groups in total. The molecular weight excluding hydrogens is 310 g/mol. The van der Waals surface area contributed by atoms with E-state index >= 15 is 0 Å². The first-order valence-corrected chi connectivity index (χ1v) is 6.45. The molecule has 0 spiro atoms. The number of hydrogen-bond acceptors (Lipinski definition) is 3. The van der Waals surface area contributed by atoms with Crippen molar-refractivity contribution in [3.63, 3.8) is 0 Å². The van der Waals surface area contributed by atoms with Crippen molar-refractivity contribution in [2.45, 2.75) is 6.92 Å². The molecule has 6 heteroatoms. The van der Waals surface area contributed by atoms with E-state index in [4.69, 9.17) is 4.74 Å². The number of nitrogens with one attached hydrogen (secondary N) is 1. The first-order valence-electron chi connectivity index (χ1n) is 5.66. The molecule has 0 unspecified atom stereocenters. The first-order chi connectivity index (χ1) is 9.01. The van der Waals surface area contributed by atoms with E-state index in [-0.39, 0.29) is 5.91 Å². The number of benzene rings is 1. The van der Waals surface area contributed by atoms with E-state index in [1.165, 1.54) is 7.11 Å². The van der Waals surface area contributed by atoms with Crippen LogP contribution in [-0.4, -0.2) is 22.8 Å². The molecule has 0 radical (unpaired) electrons. The molecule has 0 atom stereocenters. The van der Waals surface area contributed by atoms with E-state index in [2.05, 4.69) is 26.3 Å². The summed E-state index contributed by atoms with van der Waals surface area (Å²) in [6, 6.07) is 5.27. The number of ether oxygens (including phenoxy) is 1. The van der Waals surface area contributed by atoms with Crippen LogP contribution in [-0.2, 0) is 7.05 Å². The Labute approximate surface area is 119 Å². The predicted octanol–water partition coefficient (Wildman–Crippen LogP) is 2.75. The zero-order valence-corrected chi connectivity index (χ0v) is 12.5. The summed E-state index contributed by atoms with van der Waals surface area (Å²) >= 11 is 3.34. The van der Waals surface area contributed by atoms with Gasteiger partial charge in [0.25, 0.3) is 5.91 Å². The fourth-order valence-electron chi connectivity index (χ4n) is 1.76. The molecule has 5 nitrogen and oxygen atoms in total. The van der Waals surface area contributed by atoms with Crippen LogP contribution in [0, 0.1) is 6.92 Å². The molecule has 1 heterocycles. The summed E-state index contributed by atoms with van der Waals surface area (Å²) in [5.74, 6) is 0.300. The Bertz CT molecular complexity index is 622. The molecule has 2 aromatic rings. The number of carbonyl (C=O) groups is 1. The normalized spacial score (nSPS) is 10.3. The summed E-state index contributed by atoms with van der Waals surface area (Å²) < 4.78 is 7.72. The monoisotopic (exact) mass is 323 g/mol. The number of methoxy groups -OCH3 is 1. The van der Waals surface area contributed by atoms with Crippen LogP contribution in [0.4, 0.5) is 5.69 Å². The summed E-state index contributed by atoms with van der Waals surface area (Å²) in [6.07, 6.45) is 1.76. The maximum Gasteiger partial charge on any atom is 0.259 e. The minimum absolute atomic E-state index is 0.222. The Morgan fingerprint density at radius 3 is 2.79 bits per heavy atom. The van der Waals surface area contributed by atoms with Crippen molar-refractivity contribution in [2.75, 3.05) is 12.4 Å². The number of aromatic nitrogens is 2. The maximum absolute atomic E-state index is 12.2. The van der Waals surface area contributed by atoms with E-state index < -0.39 is 0 Å². The van der Waals surface area contributed by atoms with Crippen molar-refractivity contribution in [3.8, 4) is 5.75 Å². The number of nitrogens with zero attached hydrogens (tertiary/aromatic N) is 2. The summed E-state index contributed by atoms with van der Waals surface area (Å²) in [5.41, 5.74) is 1.94. The predicted molar refractivity (Wildman–Crippen MR) is 76.6 cm³/mol. The van der Waals surface area contributed by atoms with Gasteiger partial charge in [0.2, 0.25) is 0 Å². The van der Waals surface area contributed by atoms with Gasteiger partial charge in [-0.25, -0.2) is 0 Å². The van der Waals surface area contributed by atoms with Crippen molar-refractivity contribution in [2.24, 2.45) is 7.05 Å². The van der Waals surface area contributed by atoms with E-state index in [9.17, 15) is 4.79 Å². The third-order valence-corrected chi connectivity index (χ3v) is 3.16. The van der Waals surface area contributed by atoms with Crippen molar-refractivity contribution < 1.29 is 9.53 Å². The average molecular weight is 324 g/mol. The maximum atomic E-state index is 12.2. The Morgan fingerprint density at radius 2 is 2.21 bits per heavy atom. The molecule has 0 aliphatic carbocycles. The molecule has 0 saturated carbocycles. The Morgan fingerprint density at radius 1 is 1.47 bits per heavy atom. The Balaban J connectivity index is 2.27. The summed E-state index contributed by atoms with van der Waals surface area (Å²) in [4.78, 5) is 12.2. The van der Waals surface area contributed by atoms with Crippen LogP contribution < -0.4 is 10.1 Å². The van der Waals surface area contributed by atoms with Crippen LogP contribution in [0.3, 0.4) is 0 Å². The third kappa shape index (κ3) is 2.96. The van der Waals surface area contributed by atoms with Crippen molar-refractivity contribution in [1.82, 2.24) is 9.78 Å². The molecule has 0 fully saturated rings. The van der Waals surface area contributed by atoms with Crippen LogP contribution in [0.15, 0.2) is 28.9 Å². The zero-order valence-electron chi connectivity index (χ0n) is 10.9. The molecular formula is C13H14BrN3O2. The van der Waals surface area contributed by atoms with Gasteiger partial charge in [0, 0.05) is 17.7 Å². The molecule has 0 saturated heterocycles. The highest BCUT2D eigenvalue weighted by atomic mass is 79.9. The van der Waals surface area contributed by atoms with E-state index in [1.807, 2.05) is 14.0 Å². The van der Waals surface area contributed by atoms with Crippen LogP contribution in [0.5, 0.6) is 5.75 Å². The van der Waals surface area contributed by atoms with Gasteiger partial charge in [0.05, 0.1) is 24.1 Å². The lowest BCUT2D eigenvalue weighted by molar-refractivity contribution is 0.102. The van der Waals surface area contributed by atoms with Gasteiger partial charge in [-0.2, -0.15) is 5.10 Å². The fourth-order valence-corrected chi connectivity index (χ4v) is 2.10. The van der Waals surface area contributed by atoms with Gasteiger partial charge in [0.15, 0.2) is 0 Å². The molecule has 0 aliphatic heterocycles.